The van der Waals surface area contributed by atoms with Crippen LogP contribution >= 0.6 is 7.82 Å². The Labute approximate surface area is 346 Å². The summed E-state index contributed by atoms with van der Waals surface area (Å²) in [5.74, 6) is -1.04. The van der Waals surface area contributed by atoms with E-state index in [0.29, 0.717) is 19.3 Å². The molecule has 0 heterocycles. The molecule has 0 aromatic rings. The highest BCUT2D eigenvalue weighted by Gasteiger charge is 2.51. The number of unbranched alkanes of at least 4 members (excludes halogenated alkanes) is 13. The highest BCUT2D eigenvalue weighted by Crippen LogP contribution is 2.47. The van der Waals surface area contributed by atoms with Gasteiger partial charge in [-0.05, 0) is 63.9 Å². The lowest BCUT2D eigenvalue weighted by atomic mass is 9.85. The number of ketones is 1. The van der Waals surface area contributed by atoms with Gasteiger partial charge in [-0.1, -0.05) is 114 Å². The van der Waals surface area contributed by atoms with Crippen LogP contribution in [-0.2, 0) is 37.5 Å². The monoisotopic (exact) mass is 844 g/mol. The molecule has 58 heavy (non-hydrogen) atoms. The summed E-state index contributed by atoms with van der Waals surface area (Å²) in [4.78, 5) is 47.3. The zero-order valence-electron chi connectivity index (χ0n) is 34.8. The summed E-state index contributed by atoms with van der Waals surface area (Å²) >= 11 is 0. The fourth-order valence-corrected chi connectivity index (χ4v) is 7.04. The molecule has 0 aromatic heterocycles. The van der Waals surface area contributed by atoms with Gasteiger partial charge >= 0.3 is 19.8 Å². The molecule has 1 aliphatic carbocycles. The van der Waals surface area contributed by atoms with Gasteiger partial charge in [0.15, 0.2) is 11.9 Å². The van der Waals surface area contributed by atoms with Crippen LogP contribution in [0.5, 0.6) is 0 Å². The molecule has 0 aromatic carbocycles. The van der Waals surface area contributed by atoms with Crippen LogP contribution in [0.2, 0.25) is 0 Å². The number of rotatable bonds is 34. The largest absolute Gasteiger partial charge is 0.472 e. The number of allylic oxidation sites excluding steroid dienone is 8. The summed E-state index contributed by atoms with van der Waals surface area (Å²) in [6, 6.07) is 0. The molecule has 0 spiro atoms. The van der Waals surface area contributed by atoms with Crippen LogP contribution in [0.4, 0.5) is 0 Å². The zero-order valence-corrected chi connectivity index (χ0v) is 35.7. The molecule has 0 amide bonds. The molecule has 0 bridgehead atoms. The van der Waals surface area contributed by atoms with Gasteiger partial charge in [0.25, 0.3) is 0 Å². The fraction of sp³-hybridized carbons (Fsp3) is 0.744. The molecule has 3 unspecified atom stereocenters. The van der Waals surface area contributed by atoms with Crippen LogP contribution < -0.4 is 0 Å². The number of phosphoric ester groups is 1. The van der Waals surface area contributed by atoms with E-state index in [-0.39, 0.29) is 18.6 Å². The molecule has 6 N–H and O–H groups in total. The summed E-state index contributed by atoms with van der Waals surface area (Å²) < 4.78 is 33.4. The van der Waals surface area contributed by atoms with Crippen molar-refractivity contribution in [3.63, 3.8) is 0 Å². The molecule has 1 aliphatic rings. The second kappa shape index (κ2) is 33.2. The fourth-order valence-electron chi connectivity index (χ4n) is 6.07. The lowest BCUT2D eigenvalue weighted by Gasteiger charge is -2.41. The summed E-state index contributed by atoms with van der Waals surface area (Å²) in [5, 5.41) is 50.0. The minimum absolute atomic E-state index is 0.0407. The number of hydrogen-bond acceptors (Lipinski definition) is 13. The Hall–Kier alpha value is -2.52. The van der Waals surface area contributed by atoms with Crippen molar-refractivity contribution in [2.24, 2.45) is 0 Å². The van der Waals surface area contributed by atoms with E-state index in [0.717, 1.165) is 103 Å². The Kier molecular flexibility index (Phi) is 30.6. The molecule has 1 saturated carbocycles. The van der Waals surface area contributed by atoms with Gasteiger partial charge in [0.05, 0.1) is 6.61 Å². The van der Waals surface area contributed by atoms with Gasteiger partial charge in [0.1, 0.15) is 43.2 Å². The molecule has 15 heteroatoms. The smallest absolute Gasteiger partial charge is 0.462 e. The van der Waals surface area contributed by atoms with Crippen molar-refractivity contribution in [3.8, 4) is 0 Å². The van der Waals surface area contributed by atoms with E-state index in [4.69, 9.17) is 18.5 Å². The molecule has 1 fully saturated rings. The maximum absolute atomic E-state index is 12.8. The summed E-state index contributed by atoms with van der Waals surface area (Å²) in [5.41, 5.74) is 0. The van der Waals surface area contributed by atoms with E-state index in [9.17, 15) is 49.4 Å². The number of esters is 2. The topological polar surface area (TPSA) is 227 Å². The molecular weight excluding hydrogens is 771 g/mol. The van der Waals surface area contributed by atoms with Gasteiger partial charge in [-0.2, -0.15) is 0 Å². The predicted molar refractivity (Wildman–Crippen MR) is 221 cm³/mol. The Morgan fingerprint density at radius 1 is 0.586 bits per heavy atom. The normalized spacial score (nSPS) is 22.9. The lowest BCUT2D eigenvalue weighted by Crippen LogP contribution is -2.64. The number of aliphatic hydroxyl groups excluding tert-OH is 5. The SMILES string of the molecule is CCC/C=C\C/C=C\CCCCCCCC(=O)OC[C@H](COP(=O)(O)OC1[C@H](O)[C@H](O)C(O)[C@H](O)[C@H]1O)OC(=O)CCCCCCC/C=C\C=C\C(=O)CCCCC. The highest BCUT2D eigenvalue weighted by molar-refractivity contribution is 7.47. The van der Waals surface area contributed by atoms with E-state index < -0.39 is 75.7 Å². The summed E-state index contributed by atoms with van der Waals surface area (Å²) in [6.07, 6.45) is 20.1. The van der Waals surface area contributed by atoms with Crippen LogP contribution in [0.15, 0.2) is 48.6 Å². The Morgan fingerprint density at radius 3 is 1.74 bits per heavy atom. The number of carbonyl (C=O) groups is 3. The van der Waals surface area contributed by atoms with Crippen LogP contribution in [0.3, 0.4) is 0 Å². The molecule has 14 nitrogen and oxygen atoms in total. The molecule has 8 atom stereocenters. The zero-order chi connectivity index (χ0) is 43.0. The van der Waals surface area contributed by atoms with Crippen LogP contribution in [0.25, 0.3) is 0 Å². The highest BCUT2D eigenvalue weighted by atomic mass is 31.2. The molecule has 0 saturated heterocycles. The van der Waals surface area contributed by atoms with Crippen LogP contribution in [-0.4, -0.2) is 104 Å². The standard InChI is InChI=1S/C43H73O14P/c1-3-5-7-8-9-10-11-12-13-16-19-22-26-30-36(45)54-32-35(33-55-58(52,53)57-43-41(50)39(48)38(47)40(49)42(43)51)56-37(46)31-27-23-20-17-14-15-18-21-25-29-34(44)28-24-6-4-2/h7-8,10-11,18,21,25,29,35,38-43,47-51H,3-6,9,12-17,19-20,22-24,26-28,30-33H2,1-2H3,(H,52,53)/b8-7-,11-10-,21-18-,29-25+/t35-,38?,39-,40+,41-,42-,43?/m1/s1. The molecule has 334 valence electrons. The first-order valence-electron chi connectivity index (χ1n) is 21.4. The van der Waals surface area contributed by atoms with E-state index in [1.54, 1.807) is 12.2 Å². The Bertz CT molecular complexity index is 1270. The third-order valence-electron chi connectivity index (χ3n) is 9.60. The number of phosphoric acid groups is 1. The van der Waals surface area contributed by atoms with Crippen molar-refractivity contribution in [2.45, 2.75) is 191 Å². The lowest BCUT2D eigenvalue weighted by molar-refractivity contribution is -0.220. The van der Waals surface area contributed by atoms with Gasteiger partial charge < -0.3 is 39.9 Å². The average molecular weight is 845 g/mol. The minimum atomic E-state index is -5.14. The van der Waals surface area contributed by atoms with Gasteiger partial charge in [-0.25, -0.2) is 4.57 Å². The molecule has 0 aliphatic heterocycles. The summed E-state index contributed by atoms with van der Waals surface area (Å²) in [7, 11) is -5.14. The quantitative estimate of drug-likeness (QED) is 0.00980. The first-order chi connectivity index (χ1) is 27.8. The Balaban J connectivity index is 2.54. The molecule has 1 rings (SSSR count). The summed E-state index contributed by atoms with van der Waals surface area (Å²) in [6.45, 7) is 3.01. The first-order valence-corrected chi connectivity index (χ1v) is 22.9. The number of ether oxygens (including phenoxy) is 2. The van der Waals surface area contributed by atoms with Crippen molar-refractivity contribution in [1.82, 2.24) is 0 Å². The number of hydrogen-bond donors (Lipinski definition) is 6. The minimum Gasteiger partial charge on any atom is -0.462 e. The third kappa shape index (κ3) is 25.9. The average Bonchev–Trinajstić information content (AvgIpc) is 3.19. The van der Waals surface area contributed by atoms with Crippen molar-refractivity contribution in [3.05, 3.63) is 48.6 Å². The van der Waals surface area contributed by atoms with Crippen molar-refractivity contribution >= 4 is 25.5 Å². The predicted octanol–water partition coefficient (Wildman–Crippen LogP) is 6.79. The second-order valence-electron chi connectivity index (χ2n) is 14.9. The first kappa shape index (κ1) is 53.5. The van der Waals surface area contributed by atoms with Crippen molar-refractivity contribution < 1.29 is 67.9 Å². The molecular formula is C43H73O14P. The van der Waals surface area contributed by atoms with Gasteiger partial charge in [-0.15, -0.1) is 0 Å². The number of carbonyl (C=O) groups excluding carboxylic acids is 3. The number of aliphatic hydroxyl groups is 5. The van der Waals surface area contributed by atoms with E-state index >= 15 is 0 Å². The van der Waals surface area contributed by atoms with E-state index in [1.807, 2.05) is 12.2 Å². The van der Waals surface area contributed by atoms with Crippen LogP contribution in [0, 0.1) is 0 Å². The van der Waals surface area contributed by atoms with Crippen molar-refractivity contribution in [2.75, 3.05) is 13.2 Å². The molecule has 0 radical (unpaired) electrons. The Morgan fingerprint density at radius 2 is 1.12 bits per heavy atom. The maximum atomic E-state index is 12.8. The van der Waals surface area contributed by atoms with Gasteiger partial charge in [0.2, 0.25) is 0 Å². The van der Waals surface area contributed by atoms with Gasteiger partial charge in [0, 0.05) is 19.3 Å². The van der Waals surface area contributed by atoms with Crippen LogP contribution in [0.1, 0.15) is 149 Å². The van der Waals surface area contributed by atoms with Gasteiger partial charge in [-0.3, -0.25) is 23.4 Å². The van der Waals surface area contributed by atoms with E-state index in [2.05, 4.69) is 38.2 Å². The second-order valence-corrected chi connectivity index (χ2v) is 16.3. The van der Waals surface area contributed by atoms with E-state index in [1.165, 1.54) is 0 Å². The van der Waals surface area contributed by atoms with Crippen molar-refractivity contribution in [1.29, 1.82) is 0 Å². The maximum Gasteiger partial charge on any atom is 0.472 e. The third-order valence-corrected chi connectivity index (χ3v) is 10.6.